The van der Waals surface area contributed by atoms with Crippen molar-refractivity contribution >= 4 is 34.5 Å². The van der Waals surface area contributed by atoms with Gasteiger partial charge < -0.3 is 14.8 Å². The molecule has 3 aromatic rings. The number of para-hydroxylation sites is 1. The van der Waals surface area contributed by atoms with Crippen molar-refractivity contribution in [3.05, 3.63) is 71.1 Å². The van der Waals surface area contributed by atoms with Crippen molar-refractivity contribution in [2.75, 3.05) is 11.9 Å². The topological polar surface area (TPSA) is 95.3 Å². The lowest BCUT2D eigenvalue weighted by Gasteiger charge is -2.08. The standard InChI is InChI=1S/C22H20N4O4/c1-4-29-22(28)18-19(27)17(30-21(18)24-15-8-6-5-7-9-15)11-14-10-16-13(2)25-26(3)20(16)23-12-14/h5-12,24H,4H2,1-3H3/b17-11+. The third-order valence-electron chi connectivity index (χ3n) is 4.58. The second kappa shape index (κ2) is 7.82. The van der Waals surface area contributed by atoms with Gasteiger partial charge in [-0.2, -0.15) is 5.10 Å². The van der Waals surface area contributed by atoms with Crippen LogP contribution in [0.15, 0.2) is 59.8 Å². The third kappa shape index (κ3) is 3.55. The first-order valence-electron chi connectivity index (χ1n) is 9.45. The lowest BCUT2D eigenvalue weighted by molar-refractivity contribution is -0.139. The number of ketones is 1. The summed E-state index contributed by atoms with van der Waals surface area (Å²) in [4.78, 5) is 29.7. The Labute approximate surface area is 172 Å². The molecule has 152 valence electrons. The molecule has 0 spiro atoms. The van der Waals surface area contributed by atoms with Gasteiger partial charge in [-0.3, -0.25) is 9.48 Å². The summed E-state index contributed by atoms with van der Waals surface area (Å²) in [5.74, 6) is -1.22. The molecule has 0 saturated heterocycles. The van der Waals surface area contributed by atoms with E-state index >= 15 is 0 Å². The molecule has 3 heterocycles. The van der Waals surface area contributed by atoms with E-state index in [1.807, 2.05) is 38.2 Å². The zero-order valence-corrected chi connectivity index (χ0v) is 16.8. The first-order chi connectivity index (χ1) is 14.5. The molecule has 1 aromatic carbocycles. The average molecular weight is 404 g/mol. The molecule has 1 N–H and O–H groups in total. The van der Waals surface area contributed by atoms with E-state index in [0.717, 1.165) is 16.7 Å². The maximum absolute atomic E-state index is 12.9. The van der Waals surface area contributed by atoms with E-state index in [2.05, 4.69) is 15.4 Å². The van der Waals surface area contributed by atoms with Crippen molar-refractivity contribution in [3.63, 3.8) is 0 Å². The highest BCUT2D eigenvalue weighted by atomic mass is 16.5. The van der Waals surface area contributed by atoms with Crippen molar-refractivity contribution in [3.8, 4) is 0 Å². The van der Waals surface area contributed by atoms with E-state index in [9.17, 15) is 9.59 Å². The van der Waals surface area contributed by atoms with Crippen LogP contribution in [-0.4, -0.2) is 33.1 Å². The van der Waals surface area contributed by atoms with Crippen LogP contribution in [0.25, 0.3) is 17.1 Å². The van der Waals surface area contributed by atoms with Crippen LogP contribution in [0.5, 0.6) is 0 Å². The van der Waals surface area contributed by atoms with Crippen LogP contribution in [-0.2, 0) is 26.1 Å². The van der Waals surface area contributed by atoms with E-state index in [4.69, 9.17) is 9.47 Å². The van der Waals surface area contributed by atoms with Gasteiger partial charge in [0.2, 0.25) is 11.7 Å². The van der Waals surface area contributed by atoms with Gasteiger partial charge in [0, 0.05) is 24.3 Å². The minimum atomic E-state index is -0.735. The molecule has 0 amide bonds. The molecule has 4 rings (SSSR count). The molecule has 0 fully saturated rings. The number of allylic oxidation sites excluding steroid dienone is 1. The molecule has 1 aliphatic heterocycles. The van der Waals surface area contributed by atoms with Crippen LogP contribution in [0.1, 0.15) is 18.2 Å². The second-order valence-electron chi connectivity index (χ2n) is 6.70. The molecular weight excluding hydrogens is 384 g/mol. The van der Waals surface area contributed by atoms with Crippen LogP contribution >= 0.6 is 0 Å². The second-order valence-corrected chi connectivity index (χ2v) is 6.70. The number of Topliss-reactive ketones (excluding diaryl/α,β-unsaturated/α-hetero) is 1. The van der Waals surface area contributed by atoms with Crippen LogP contribution in [0.2, 0.25) is 0 Å². The van der Waals surface area contributed by atoms with Gasteiger partial charge >= 0.3 is 5.97 Å². The molecule has 0 unspecified atom stereocenters. The Morgan fingerprint density at radius 3 is 2.80 bits per heavy atom. The molecule has 2 aromatic heterocycles. The Bertz CT molecular complexity index is 1210. The summed E-state index contributed by atoms with van der Waals surface area (Å²) in [6.45, 7) is 3.71. The number of carbonyl (C=O) groups is 2. The predicted molar refractivity (Wildman–Crippen MR) is 111 cm³/mol. The first kappa shape index (κ1) is 19.4. The number of anilines is 1. The maximum atomic E-state index is 12.9. The molecular formula is C22H20N4O4. The minimum Gasteiger partial charge on any atom is -0.462 e. The number of nitrogens with one attached hydrogen (secondary N) is 1. The smallest absolute Gasteiger partial charge is 0.347 e. The third-order valence-corrected chi connectivity index (χ3v) is 4.58. The summed E-state index contributed by atoms with van der Waals surface area (Å²) in [6.07, 6.45) is 3.18. The van der Waals surface area contributed by atoms with E-state index in [1.165, 1.54) is 0 Å². The van der Waals surface area contributed by atoms with E-state index < -0.39 is 11.8 Å². The van der Waals surface area contributed by atoms with Gasteiger partial charge in [-0.05, 0) is 43.7 Å². The van der Waals surface area contributed by atoms with Crippen molar-refractivity contribution in [1.29, 1.82) is 0 Å². The molecule has 0 bridgehead atoms. The fourth-order valence-corrected chi connectivity index (χ4v) is 3.21. The van der Waals surface area contributed by atoms with E-state index in [1.54, 1.807) is 36.0 Å². The number of carbonyl (C=O) groups excluding carboxylic acids is 2. The Morgan fingerprint density at radius 1 is 1.30 bits per heavy atom. The van der Waals surface area contributed by atoms with Crippen LogP contribution in [0, 0.1) is 6.92 Å². The zero-order valence-electron chi connectivity index (χ0n) is 16.8. The zero-order chi connectivity index (χ0) is 21.3. The maximum Gasteiger partial charge on any atom is 0.347 e. The Kier molecular flexibility index (Phi) is 5.05. The molecule has 0 radical (unpaired) electrons. The van der Waals surface area contributed by atoms with Gasteiger partial charge in [0.15, 0.2) is 17.0 Å². The summed E-state index contributed by atoms with van der Waals surface area (Å²) in [6, 6.07) is 11.0. The summed E-state index contributed by atoms with van der Waals surface area (Å²) < 4.78 is 12.5. The summed E-state index contributed by atoms with van der Waals surface area (Å²) in [7, 11) is 1.82. The highest BCUT2D eigenvalue weighted by Gasteiger charge is 2.37. The van der Waals surface area contributed by atoms with Crippen molar-refractivity contribution in [2.24, 2.45) is 7.05 Å². The molecule has 8 nitrogen and oxygen atoms in total. The Balaban J connectivity index is 1.70. The molecule has 0 saturated carbocycles. The number of hydrogen-bond acceptors (Lipinski definition) is 7. The van der Waals surface area contributed by atoms with Crippen LogP contribution in [0.4, 0.5) is 5.69 Å². The first-order valence-corrected chi connectivity index (χ1v) is 9.45. The predicted octanol–water partition coefficient (Wildman–Crippen LogP) is 3.10. The quantitative estimate of drug-likeness (QED) is 0.397. The van der Waals surface area contributed by atoms with Crippen LogP contribution < -0.4 is 5.32 Å². The number of pyridine rings is 1. The Hall–Kier alpha value is -3.94. The number of ether oxygens (including phenoxy) is 2. The lowest BCUT2D eigenvalue weighted by Crippen LogP contribution is -2.16. The number of aromatic nitrogens is 3. The van der Waals surface area contributed by atoms with Gasteiger partial charge in [0.25, 0.3) is 0 Å². The SMILES string of the molecule is CCOC(=O)C1=C(Nc2ccccc2)O/C(=C/c2cnc3c(c2)c(C)nn3C)C1=O. The van der Waals surface area contributed by atoms with Crippen molar-refractivity contribution in [2.45, 2.75) is 13.8 Å². The number of hydrogen-bond donors (Lipinski definition) is 1. The molecule has 0 atom stereocenters. The summed E-state index contributed by atoms with van der Waals surface area (Å²) in [5, 5.41) is 8.21. The lowest BCUT2D eigenvalue weighted by atomic mass is 10.1. The highest BCUT2D eigenvalue weighted by molar-refractivity contribution is 6.26. The monoisotopic (exact) mass is 404 g/mol. The highest BCUT2D eigenvalue weighted by Crippen LogP contribution is 2.29. The van der Waals surface area contributed by atoms with Gasteiger partial charge in [-0.1, -0.05) is 18.2 Å². The van der Waals surface area contributed by atoms with Gasteiger partial charge in [-0.15, -0.1) is 0 Å². The molecule has 30 heavy (non-hydrogen) atoms. The van der Waals surface area contributed by atoms with Crippen LogP contribution in [0.3, 0.4) is 0 Å². The molecule has 8 heteroatoms. The number of esters is 1. The van der Waals surface area contributed by atoms with Crippen molar-refractivity contribution < 1.29 is 19.1 Å². The van der Waals surface area contributed by atoms with Gasteiger partial charge in [0.05, 0.1) is 12.3 Å². The molecule has 0 aliphatic carbocycles. The average Bonchev–Trinajstić information content (AvgIpc) is 3.18. The number of rotatable bonds is 5. The summed E-state index contributed by atoms with van der Waals surface area (Å²) in [5.41, 5.74) is 2.74. The number of aryl methyl sites for hydroxylation is 2. The van der Waals surface area contributed by atoms with Crippen molar-refractivity contribution in [1.82, 2.24) is 14.8 Å². The Morgan fingerprint density at radius 2 is 2.07 bits per heavy atom. The number of fused-ring (bicyclic) bond motifs is 1. The van der Waals surface area contributed by atoms with E-state index in [-0.39, 0.29) is 23.8 Å². The fourth-order valence-electron chi connectivity index (χ4n) is 3.21. The fraction of sp³-hybridized carbons (Fsp3) is 0.182. The normalized spacial score (nSPS) is 15.0. The minimum absolute atomic E-state index is 0.0131. The van der Waals surface area contributed by atoms with Gasteiger partial charge in [0.1, 0.15) is 0 Å². The van der Waals surface area contributed by atoms with E-state index in [0.29, 0.717) is 11.3 Å². The largest absolute Gasteiger partial charge is 0.462 e. The molecule has 1 aliphatic rings. The number of nitrogens with zero attached hydrogens (tertiary/aromatic N) is 3. The van der Waals surface area contributed by atoms with Gasteiger partial charge in [-0.25, -0.2) is 9.78 Å². The number of benzene rings is 1. The summed E-state index contributed by atoms with van der Waals surface area (Å²) >= 11 is 0.